The van der Waals surface area contributed by atoms with Gasteiger partial charge in [-0.25, -0.2) is 9.97 Å². The van der Waals surface area contributed by atoms with Crippen molar-refractivity contribution in [1.82, 2.24) is 9.97 Å². The third-order valence-electron chi connectivity index (χ3n) is 3.18. The summed E-state index contributed by atoms with van der Waals surface area (Å²) in [5.74, 6) is 3.27. The van der Waals surface area contributed by atoms with Crippen LogP contribution in [0.2, 0.25) is 0 Å². The minimum atomic E-state index is -0.0156. The summed E-state index contributed by atoms with van der Waals surface area (Å²) in [6, 6.07) is 0. The fourth-order valence-corrected chi connectivity index (χ4v) is 3.96. The fourth-order valence-electron chi connectivity index (χ4n) is 2.08. The third kappa shape index (κ3) is 1.98. The largest absolute Gasteiger partial charge is 0.383 e. The summed E-state index contributed by atoms with van der Waals surface area (Å²) >= 11 is 3.55. The first kappa shape index (κ1) is 12.2. The van der Waals surface area contributed by atoms with Crippen LogP contribution in [0.25, 0.3) is 10.2 Å². The van der Waals surface area contributed by atoms with E-state index in [0.29, 0.717) is 5.82 Å². The molecule has 1 saturated heterocycles. The van der Waals surface area contributed by atoms with Gasteiger partial charge in [-0.05, 0) is 19.4 Å². The molecule has 0 radical (unpaired) electrons. The van der Waals surface area contributed by atoms with Crippen molar-refractivity contribution in [2.24, 2.45) is 0 Å². The Balaban J connectivity index is 2.09. The van der Waals surface area contributed by atoms with Crippen LogP contribution < -0.4 is 5.73 Å². The van der Waals surface area contributed by atoms with Gasteiger partial charge < -0.3 is 10.5 Å². The minimum absolute atomic E-state index is 0.0156. The zero-order valence-corrected chi connectivity index (χ0v) is 12.0. The van der Waals surface area contributed by atoms with E-state index in [0.717, 1.165) is 34.2 Å². The van der Waals surface area contributed by atoms with Crippen molar-refractivity contribution in [1.29, 1.82) is 0 Å². The summed E-state index contributed by atoms with van der Waals surface area (Å²) in [5.41, 5.74) is 7.26. The molecule has 0 spiro atoms. The zero-order valence-electron chi connectivity index (χ0n) is 10.4. The quantitative estimate of drug-likeness (QED) is 0.871. The number of hydrogen-bond acceptors (Lipinski definition) is 6. The molecule has 1 aliphatic heterocycles. The Morgan fingerprint density at radius 2 is 2.17 bits per heavy atom. The van der Waals surface area contributed by atoms with E-state index in [-0.39, 0.29) is 6.10 Å². The molecule has 4 nitrogen and oxygen atoms in total. The monoisotopic (exact) mass is 281 g/mol. The smallest absolute Gasteiger partial charge is 0.162 e. The molecule has 1 aliphatic rings. The lowest BCUT2D eigenvalue weighted by atomic mass is 10.2. The molecule has 0 saturated carbocycles. The van der Waals surface area contributed by atoms with Gasteiger partial charge in [0.15, 0.2) is 5.82 Å². The lowest BCUT2D eigenvalue weighted by Crippen LogP contribution is -2.18. The summed E-state index contributed by atoms with van der Waals surface area (Å²) in [6.45, 7) is 4.92. The highest BCUT2D eigenvalue weighted by Crippen LogP contribution is 2.34. The van der Waals surface area contributed by atoms with Crippen LogP contribution in [0.5, 0.6) is 0 Å². The SMILES string of the molecule is Cc1sc2nc(C3CSCCO3)nc(N)c2c1C. The van der Waals surface area contributed by atoms with E-state index in [9.17, 15) is 0 Å². The standard InChI is InChI=1S/C12H15N3OS2/c1-6-7(2)18-12-9(6)10(13)14-11(15-12)8-5-17-4-3-16-8/h8H,3-5H2,1-2H3,(H2,13,14,15). The van der Waals surface area contributed by atoms with E-state index in [4.69, 9.17) is 10.5 Å². The molecule has 1 unspecified atom stereocenters. The molecule has 1 fully saturated rings. The van der Waals surface area contributed by atoms with Gasteiger partial charge in [-0.1, -0.05) is 0 Å². The van der Waals surface area contributed by atoms with E-state index >= 15 is 0 Å². The van der Waals surface area contributed by atoms with Crippen molar-refractivity contribution in [2.75, 3.05) is 23.8 Å². The van der Waals surface area contributed by atoms with Gasteiger partial charge in [0.1, 0.15) is 16.8 Å². The lowest BCUT2D eigenvalue weighted by Gasteiger charge is -2.21. The predicted molar refractivity (Wildman–Crippen MR) is 77.3 cm³/mol. The molecular formula is C12H15N3OS2. The Labute approximate surface area is 114 Å². The maximum absolute atomic E-state index is 6.07. The van der Waals surface area contributed by atoms with Crippen LogP contribution in [0.3, 0.4) is 0 Å². The molecule has 1 atom stereocenters. The first-order chi connectivity index (χ1) is 8.66. The molecule has 18 heavy (non-hydrogen) atoms. The van der Waals surface area contributed by atoms with Crippen LogP contribution >= 0.6 is 23.1 Å². The van der Waals surface area contributed by atoms with Crippen molar-refractivity contribution < 1.29 is 4.74 Å². The molecule has 2 aromatic heterocycles. The second kappa shape index (κ2) is 4.68. The maximum atomic E-state index is 6.07. The predicted octanol–water partition coefficient (Wildman–Crippen LogP) is 2.69. The van der Waals surface area contributed by atoms with E-state index < -0.39 is 0 Å². The number of nitrogens with zero attached hydrogens (tertiary/aromatic N) is 2. The van der Waals surface area contributed by atoms with Crippen molar-refractivity contribution >= 4 is 39.1 Å². The summed E-state index contributed by atoms with van der Waals surface area (Å²) < 4.78 is 5.71. The number of aryl methyl sites for hydroxylation is 2. The normalized spacial score (nSPS) is 20.4. The molecule has 2 aromatic rings. The molecule has 6 heteroatoms. The Kier molecular flexibility index (Phi) is 3.17. The van der Waals surface area contributed by atoms with Gasteiger partial charge in [0, 0.05) is 16.4 Å². The number of nitrogen functional groups attached to an aromatic ring is 1. The van der Waals surface area contributed by atoms with Gasteiger partial charge >= 0.3 is 0 Å². The van der Waals surface area contributed by atoms with Gasteiger partial charge in [0.05, 0.1) is 12.0 Å². The molecule has 0 amide bonds. The van der Waals surface area contributed by atoms with Gasteiger partial charge in [-0.2, -0.15) is 11.8 Å². The zero-order chi connectivity index (χ0) is 12.7. The van der Waals surface area contributed by atoms with E-state index in [1.165, 1.54) is 10.4 Å². The molecule has 3 rings (SSSR count). The highest BCUT2D eigenvalue weighted by Gasteiger charge is 2.22. The number of fused-ring (bicyclic) bond motifs is 1. The van der Waals surface area contributed by atoms with Crippen LogP contribution in [-0.2, 0) is 4.74 Å². The molecule has 3 heterocycles. The second-order valence-corrected chi connectivity index (χ2v) is 6.72. The molecule has 0 aromatic carbocycles. The van der Waals surface area contributed by atoms with Crippen molar-refractivity contribution in [2.45, 2.75) is 20.0 Å². The minimum Gasteiger partial charge on any atom is -0.383 e. The first-order valence-corrected chi connectivity index (χ1v) is 7.86. The molecule has 0 bridgehead atoms. The van der Waals surface area contributed by atoms with Crippen LogP contribution in [0.1, 0.15) is 22.4 Å². The maximum Gasteiger partial charge on any atom is 0.162 e. The Morgan fingerprint density at radius 1 is 1.33 bits per heavy atom. The van der Waals surface area contributed by atoms with Gasteiger partial charge in [0.2, 0.25) is 0 Å². The second-order valence-electron chi connectivity index (χ2n) is 4.36. The van der Waals surface area contributed by atoms with E-state index in [1.54, 1.807) is 11.3 Å². The number of anilines is 1. The van der Waals surface area contributed by atoms with E-state index in [2.05, 4.69) is 23.8 Å². The summed E-state index contributed by atoms with van der Waals surface area (Å²) in [4.78, 5) is 11.3. The number of ether oxygens (including phenoxy) is 1. The molecule has 96 valence electrons. The Morgan fingerprint density at radius 3 is 2.89 bits per heavy atom. The Hall–Kier alpha value is -0.850. The molecule has 0 aliphatic carbocycles. The van der Waals surface area contributed by atoms with Crippen LogP contribution in [0.15, 0.2) is 0 Å². The average molecular weight is 281 g/mol. The van der Waals surface area contributed by atoms with Gasteiger partial charge in [0.25, 0.3) is 0 Å². The number of aromatic nitrogens is 2. The molecule has 2 N–H and O–H groups in total. The Bertz CT molecular complexity index is 591. The third-order valence-corrected chi connectivity index (χ3v) is 5.27. The number of thiophene rings is 1. The summed E-state index contributed by atoms with van der Waals surface area (Å²) in [5, 5.41) is 1.00. The van der Waals surface area contributed by atoms with Crippen LogP contribution in [-0.4, -0.2) is 28.1 Å². The number of thioether (sulfide) groups is 1. The number of rotatable bonds is 1. The van der Waals surface area contributed by atoms with Gasteiger partial charge in [-0.3, -0.25) is 0 Å². The summed E-state index contributed by atoms with van der Waals surface area (Å²) in [6.07, 6.45) is -0.0156. The van der Waals surface area contributed by atoms with E-state index in [1.807, 2.05) is 11.8 Å². The lowest BCUT2D eigenvalue weighted by molar-refractivity contribution is 0.0698. The average Bonchev–Trinajstić information content (AvgIpc) is 2.66. The highest BCUT2D eigenvalue weighted by atomic mass is 32.2. The molecular weight excluding hydrogens is 266 g/mol. The van der Waals surface area contributed by atoms with Crippen molar-refractivity contribution in [3.63, 3.8) is 0 Å². The van der Waals surface area contributed by atoms with Crippen molar-refractivity contribution in [3.8, 4) is 0 Å². The van der Waals surface area contributed by atoms with Gasteiger partial charge in [-0.15, -0.1) is 11.3 Å². The highest BCUT2D eigenvalue weighted by molar-refractivity contribution is 7.99. The number of hydrogen-bond donors (Lipinski definition) is 1. The first-order valence-electron chi connectivity index (χ1n) is 5.89. The van der Waals surface area contributed by atoms with Crippen molar-refractivity contribution in [3.05, 3.63) is 16.3 Å². The summed E-state index contributed by atoms with van der Waals surface area (Å²) in [7, 11) is 0. The number of nitrogens with two attached hydrogens (primary N) is 1. The fraction of sp³-hybridized carbons (Fsp3) is 0.500. The van der Waals surface area contributed by atoms with Crippen LogP contribution in [0.4, 0.5) is 5.82 Å². The van der Waals surface area contributed by atoms with Crippen LogP contribution in [0, 0.1) is 13.8 Å². The topological polar surface area (TPSA) is 61.0 Å².